The van der Waals surface area contributed by atoms with E-state index in [1.807, 2.05) is 4.90 Å². The molecular formula is C21H22Cl2F2N4O. The van der Waals surface area contributed by atoms with Crippen LogP contribution in [0.1, 0.15) is 59.4 Å². The number of rotatable bonds is 6. The van der Waals surface area contributed by atoms with Crippen molar-refractivity contribution in [3.63, 3.8) is 0 Å². The fourth-order valence-corrected chi connectivity index (χ4v) is 4.04. The molecular weight excluding hydrogens is 433 g/mol. The van der Waals surface area contributed by atoms with E-state index < -0.39 is 5.92 Å². The third kappa shape index (κ3) is 4.90. The zero-order valence-corrected chi connectivity index (χ0v) is 17.8. The number of likely N-dealkylation sites (tertiary alicyclic amines) is 1. The van der Waals surface area contributed by atoms with E-state index in [4.69, 9.17) is 23.2 Å². The number of carbonyl (C=O) groups is 1. The predicted molar refractivity (Wildman–Crippen MR) is 111 cm³/mol. The SMILES string of the molecule is O=C(NCC(c1cnc(C2CC2)nc1)N1CCC(F)(F)CC1)c1cccc(Cl)c1Cl. The molecule has 1 N–H and O–H groups in total. The highest BCUT2D eigenvalue weighted by Gasteiger charge is 2.37. The molecule has 1 amide bonds. The normalized spacial score (nSPS) is 20.0. The number of piperidine rings is 1. The van der Waals surface area contributed by atoms with Crippen molar-refractivity contribution in [2.75, 3.05) is 19.6 Å². The summed E-state index contributed by atoms with van der Waals surface area (Å²) in [6, 6.07) is 4.54. The van der Waals surface area contributed by atoms with Crippen molar-refractivity contribution in [3.05, 3.63) is 57.6 Å². The Bertz CT molecular complexity index is 912. The smallest absolute Gasteiger partial charge is 0.252 e. The number of hydrogen-bond donors (Lipinski definition) is 1. The number of amides is 1. The number of hydrogen-bond acceptors (Lipinski definition) is 4. The maximum atomic E-state index is 13.7. The van der Waals surface area contributed by atoms with Gasteiger partial charge >= 0.3 is 0 Å². The molecule has 1 aliphatic heterocycles. The van der Waals surface area contributed by atoms with Crippen molar-refractivity contribution in [2.45, 2.75) is 43.6 Å². The van der Waals surface area contributed by atoms with Gasteiger partial charge in [-0.3, -0.25) is 9.69 Å². The molecule has 2 fully saturated rings. The summed E-state index contributed by atoms with van der Waals surface area (Å²) in [5.41, 5.74) is 1.07. The molecule has 1 aromatic heterocycles. The summed E-state index contributed by atoms with van der Waals surface area (Å²) in [7, 11) is 0. The van der Waals surface area contributed by atoms with E-state index in [1.54, 1.807) is 30.6 Å². The minimum atomic E-state index is -2.65. The van der Waals surface area contributed by atoms with Crippen molar-refractivity contribution in [3.8, 4) is 0 Å². The van der Waals surface area contributed by atoms with Gasteiger partial charge in [-0.05, 0) is 25.0 Å². The van der Waals surface area contributed by atoms with Crippen LogP contribution in [0.25, 0.3) is 0 Å². The summed E-state index contributed by atoms with van der Waals surface area (Å²) in [5.74, 6) is -1.77. The summed E-state index contributed by atoms with van der Waals surface area (Å²) in [5, 5.41) is 3.34. The number of carbonyl (C=O) groups excluding carboxylic acids is 1. The van der Waals surface area contributed by atoms with Gasteiger partial charge in [-0.25, -0.2) is 18.7 Å². The van der Waals surface area contributed by atoms with Crippen molar-refractivity contribution in [2.24, 2.45) is 0 Å². The monoisotopic (exact) mass is 454 g/mol. The average molecular weight is 455 g/mol. The molecule has 0 spiro atoms. The summed E-state index contributed by atoms with van der Waals surface area (Å²) >= 11 is 12.1. The second-order valence-corrected chi connectivity index (χ2v) is 8.65. The van der Waals surface area contributed by atoms with Gasteiger partial charge in [0.25, 0.3) is 11.8 Å². The minimum Gasteiger partial charge on any atom is -0.350 e. The Morgan fingerprint density at radius 3 is 2.50 bits per heavy atom. The molecule has 2 heterocycles. The van der Waals surface area contributed by atoms with Crippen LogP contribution in [0.2, 0.25) is 10.0 Å². The highest BCUT2D eigenvalue weighted by Crippen LogP contribution is 2.38. The van der Waals surface area contributed by atoms with Crippen LogP contribution in [-0.2, 0) is 0 Å². The molecule has 160 valence electrons. The van der Waals surface area contributed by atoms with Gasteiger partial charge in [-0.15, -0.1) is 0 Å². The lowest BCUT2D eigenvalue weighted by Crippen LogP contribution is -2.45. The van der Waals surface area contributed by atoms with Gasteiger partial charge in [-0.2, -0.15) is 0 Å². The molecule has 5 nitrogen and oxygen atoms in total. The van der Waals surface area contributed by atoms with Gasteiger partial charge in [0.2, 0.25) is 0 Å². The highest BCUT2D eigenvalue weighted by molar-refractivity contribution is 6.43. The predicted octanol–water partition coefficient (Wildman–Crippen LogP) is 4.86. The van der Waals surface area contributed by atoms with Crippen LogP contribution in [0.5, 0.6) is 0 Å². The van der Waals surface area contributed by atoms with E-state index in [-0.39, 0.29) is 55.0 Å². The first-order valence-corrected chi connectivity index (χ1v) is 10.8. The second-order valence-electron chi connectivity index (χ2n) is 7.87. The first-order valence-electron chi connectivity index (χ1n) is 10.00. The quantitative estimate of drug-likeness (QED) is 0.676. The Balaban J connectivity index is 1.51. The largest absolute Gasteiger partial charge is 0.350 e. The molecule has 1 saturated heterocycles. The van der Waals surface area contributed by atoms with Crippen LogP contribution < -0.4 is 5.32 Å². The molecule has 2 aliphatic rings. The lowest BCUT2D eigenvalue weighted by atomic mass is 10.0. The average Bonchev–Trinajstić information content (AvgIpc) is 3.57. The van der Waals surface area contributed by atoms with Crippen LogP contribution in [-0.4, -0.2) is 46.3 Å². The number of halogens is 4. The Morgan fingerprint density at radius 2 is 1.87 bits per heavy atom. The molecule has 9 heteroatoms. The first-order chi connectivity index (χ1) is 14.3. The molecule has 1 aliphatic carbocycles. The number of aromatic nitrogens is 2. The van der Waals surface area contributed by atoms with Gasteiger partial charge in [0.15, 0.2) is 0 Å². The van der Waals surface area contributed by atoms with Gasteiger partial charge < -0.3 is 5.32 Å². The summed E-state index contributed by atoms with van der Waals surface area (Å²) in [4.78, 5) is 23.5. The molecule has 4 rings (SSSR count). The zero-order valence-electron chi connectivity index (χ0n) is 16.3. The van der Waals surface area contributed by atoms with Crippen LogP contribution >= 0.6 is 23.2 Å². The summed E-state index contributed by atoms with van der Waals surface area (Å²) in [6.07, 6.45) is 5.27. The van der Waals surface area contributed by atoms with Crippen molar-refractivity contribution < 1.29 is 13.6 Å². The number of alkyl halides is 2. The summed E-state index contributed by atoms with van der Waals surface area (Å²) in [6.45, 7) is 0.686. The third-order valence-corrected chi connectivity index (χ3v) is 6.46. The topological polar surface area (TPSA) is 58.1 Å². The molecule has 0 radical (unpaired) electrons. The van der Waals surface area contributed by atoms with E-state index in [2.05, 4.69) is 15.3 Å². The molecule has 30 heavy (non-hydrogen) atoms. The molecule has 1 saturated carbocycles. The van der Waals surface area contributed by atoms with Crippen LogP contribution in [0.3, 0.4) is 0 Å². The van der Waals surface area contributed by atoms with Crippen molar-refractivity contribution in [1.29, 1.82) is 0 Å². The lowest BCUT2D eigenvalue weighted by molar-refractivity contribution is -0.0632. The van der Waals surface area contributed by atoms with E-state index in [0.29, 0.717) is 10.9 Å². The third-order valence-electron chi connectivity index (χ3n) is 5.64. The fourth-order valence-electron chi connectivity index (χ4n) is 3.66. The Hall–Kier alpha value is -1.83. The van der Waals surface area contributed by atoms with Gasteiger partial charge in [0, 0.05) is 56.4 Å². The van der Waals surface area contributed by atoms with E-state index in [1.165, 1.54) is 0 Å². The van der Waals surface area contributed by atoms with Gasteiger partial charge in [0.05, 0.1) is 21.7 Å². The summed E-state index contributed by atoms with van der Waals surface area (Å²) < 4.78 is 27.3. The molecule has 1 atom stereocenters. The van der Waals surface area contributed by atoms with E-state index >= 15 is 0 Å². The van der Waals surface area contributed by atoms with E-state index in [9.17, 15) is 13.6 Å². The van der Waals surface area contributed by atoms with Crippen molar-refractivity contribution in [1.82, 2.24) is 20.2 Å². The number of benzene rings is 1. The van der Waals surface area contributed by atoms with Crippen LogP contribution in [0.15, 0.2) is 30.6 Å². The second kappa shape index (κ2) is 8.73. The number of nitrogens with one attached hydrogen (secondary N) is 1. The minimum absolute atomic E-state index is 0.183. The van der Waals surface area contributed by atoms with Gasteiger partial charge in [-0.1, -0.05) is 29.3 Å². The van der Waals surface area contributed by atoms with Crippen LogP contribution in [0.4, 0.5) is 8.78 Å². The van der Waals surface area contributed by atoms with Crippen LogP contribution in [0, 0.1) is 0 Å². The highest BCUT2D eigenvalue weighted by atomic mass is 35.5. The molecule has 0 bridgehead atoms. The molecule has 1 aromatic carbocycles. The first kappa shape index (κ1) is 21.4. The Morgan fingerprint density at radius 1 is 1.20 bits per heavy atom. The molecule has 1 unspecified atom stereocenters. The van der Waals surface area contributed by atoms with Gasteiger partial charge in [0.1, 0.15) is 5.82 Å². The molecule has 2 aromatic rings. The van der Waals surface area contributed by atoms with Crippen molar-refractivity contribution >= 4 is 29.1 Å². The lowest BCUT2D eigenvalue weighted by Gasteiger charge is -2.37. The maximum absolute atomic E-state index is 13.7. The zero-order chi connectivity index (χ0) is 21.3. The standard InChI is InChI=1S/C21H22Cl2F2N4O/c22-16-3-1-2-15(18(16)23)20(30)28-12-17(29-8-6-21(24,25)7-9-29)14-10-26-19(27-11-14)13-4-5-13/h1-3,10-11,13,17H,4-9,12H2,(H,28,30). The van der Waals surface area contributed by atoms with E-state index in [0.717, 1.165) is 24.2 Å². The fraction of sp³-hybridized carbons (Fsp3) is 0.476. The Kier molecular flexibility index (Phi) is 6.23. The maximum Gasteiger partial charge on any atom is 0.252 e. The Labute approximate surface area is 183 Å². The number of nitrogens with zero attached hydrogens (tertiary/aromatic N) is 3.